The summed E-state index contributed by atoms with van der Waals surface area (Å²) in [7, 11) is 0. The molecule has 0 atom stereocenters. The molecular formula is C112H74N6. The molecule has 552 valence electrons. The second kappa shape index (κ2) is 32.0. The van der Waals surface area contributed by atoms with E-state index in [0.717, 1.165) is 150 Å². The van der Waals surface area contributed by atoms with Gasteiger partial charge in [-0.2, -0.15) is 0 Å². The van der Waals surface area contributed by atoms with E-state index in [9.17, 15) is 0 Å². The van der Waals surface area contributed by atoms with Gasteiger partial charge in [-0.1, -0.05) is 406 Å². The monoisotopic (exact) mass is 1500 g/mol. The van der Waals surface area contributed by atoms with Crippen molar-refractivity contribution in [2.45, 2.75) is 0 Å². The zero-order valence-electron chi connectivity index (χ0n) is 64.4. The molecule has 0 radical (unpaired) electrons. The molecule has 0 unspecified atom stereocenters. The molecule has 0 spiro atoms. The van der Waals surface area contributed by atoms with E-state index in [1.165, 1.54) is 49.7 Å². The van der Waals surface area contributed by atoms with Gasteiger partial charge in [-0.15, -0.1) is 0 Å². The van der Waals surface area contributed by atoms with Crippen LogP contribution in [0.5, 0.6) is 0 Å². The number of fused-ring (bicyclic) bond motifs is 6. The molecule has 0 aliphatic rings. The quantitative estimate of drug-likeness (QED) is 0.0952. The lowest BCUT2D eigenvalue weighted by Crippen LogP contribution is -1.96. The maximum atomic E-state index is 5.29. The Balaban J connectivity index is 0.000000152. The number of nitrogens with zero attached hydrogens (tertiary/aromatic N) is 6. The maximum absolute atomic E-state index is 5.29. The largest absolute Gasteiger partial charge is 0.247 e. The minimum atomic E-state index is 0.686. The SMILES string of the molecule is c1ccc(-c2ccc(-c3cc(-c4ccc(-c5ccc6nc(-c7ccccc7)c7cccc(-c8ccccc8)c7c6c5)cc4)nc(-c4ccc(-c5ccccc5)cc4)n3)cc2)cc1.c1ccc(-c2cccc(-c3nc(-c4ccccc4)cc(-c4ccc(-c5ccc6nc(-c7ccccc7)c7cccc(-c8ccccc8)c7c6c5)cc4)n3)c2)cc1. The zero-order valence-corrected chi connectivity index (χ0v) is 64.4. The van der Waals surface area contributed by atoms with E-state index in [2.05, 4.69) is 425 Å². The van der Waals surface area contributed by atoms with Gasteiger partial charge in [-0.05, 0) is 120 Å². The topological polar surface area (TPSA) is 77.3 Å². The molecule has 0 aliphatic carbocycles. The molecule has 4 heterocycles. The first-order valence-corrected chi connectivity index (χ1v) is 39.9. The molecular weight excluding hydrogens is 1430 g/mol. The average Bonchev–Trinajstić information content (AvgIpc) is 0.745. The lowest BCUT2D eigenvalue weighted by molar-refractivity contribution is 1.18. The predicted octanol–water partition coefficient (Wildman–Crippen LogP) is 29.4. The van der Waals surface area contributed by atoms with Crippen LogP contribution in [0.15, 0.2) is 449 Å². The van der Waals surface area contributed by atoms with Gasteiger partial charge in [0, 0.05) is 76.8 Å². The standard InChI is InChI=1S/C59H39N3.C53H35N3/c1-5-14-40(15-6-1)42-24-30-46(31-25-42)55-39-56(62-59(61-55)49-34-28-43(29-35-49)41-16-7-2-8-17-41)47-32-26-44(27-33-47)50-36-37-54-53(38-50)57-51(45-18-9-3-10-19-45)22-13-23-52(57)58(60-54)48-20-11-4-12-21-48;1-5-15-36(16-6-1)42-23-13-24-44(33-42)53-55-49(39-19-9-3-10-20-39)35-50(56-53)40-29-27-37(28-30-40)43-31-32-48-47(34-43)51-45(38-17-7-2-8-18-38)25-14-26-46(51)52(54-48)41-21-11-4-12-22-41/h1-39H;1-35H. The van der Waals surface area contributed by atoms with Crippen LogP contribution in [0.2, 0.25) is 0 Å². The van der Waals surface area contributed by atoms with Crippen LogP contribution in [0.3, 0.4) is 0 Å². The number of hydrogen-bond donors (Lipinski definition) is 0. The minimum Gasteiger partial charge on any atom is -0.247 e. The molecule has 0 fully saturated rings. The van der Waals surface area contributed by atoms with Gasteiger partial charge in [0.2, 0.25) is 0 Å². The van der Waals surface area contributed by atoms with Crippen molar-refractivity contribution in [1.82, 2.24) is 29.9 Å². The maximum Gasteiger partial charge on any atom is 0.160 e. The first kappa shape index (κ1) is 71.3. The number of rotatable bonds is 15. The van der Waals surface area contributed by atoms with E-state index in [1.54, 1.807) is 0 Å². The molecule has 0 aliphatic heterocycles. The van der Waals surface area contributed by atoms with Gasteiger partial charge in [0.1, 0.15) is 0 Å². The van der Waals surface area contributed by atoms with Crippen molar-refractivity contribution in [2.75, 3.05) is 0 Å². The first-order valence-electron chi connectivity index (χ1n) is 39.9. The molecule has 6 heteroatoms. The van der Waals surface area contributed by atoms with Crippen LogP contribution in [-0.2, 0) is 0 Å². The third-order valence-electron chi connectivity index (χ3n) is 22.2. The third kappa shape index (κ3) is 14.6. The fourth-order valence-corrected chi connectivity index (χ4v) is 16.2. The Labute approximate surface area is 685 Å². The van der Waals surface area contributed by atoms with Crippen LogP contribution < -0.4 is 0 Å². The third-order valence-corrected chi connectivity index (χ3v) is 22.2. The van der Waals surface area contributed by atoms with Gasteiger partial charge in [0.15, 0.2) is 11.6 Å². The zero-order chi connectivity index (χ0) is 78.5. The average molecular weight is 1500 g/mol. The summed E-state index contributed by atoms with van der Waals surface area (Å²) < 4.78 is 0. The van der Waals surface area contributed by atoms with E-state index in [1.807, 2.05) is 24.3 Å². The second-order valence-electron chi connectivity index (χ2n) is 29.6. The van der Waals surface area contributed by atoms with Crippen LogP contribution in [0.4, 0.5) is 0 Å². The van der Waals surface area contributed by atoms with E-state index in [0.29, 0.717) is 11.6 Å². The van der Waals surface area contributed by atoms with Crippen LogP contribution in [0.1, 0.15) is 0 Å². The predicted molar refractivity (Wildman–Crippen MR) is 491 cm³/mol. The van der Waals surface area contributed by atoms with Crippen LogP contribution >= 0.6 is 0 Å². The van der Waals surface area contributed by atoms with E-state index in [-0.39, 0.29) is 0 Å². The van der Waals surface area contributed by atoms with Crippen LogP contribution in [0, 0.1) is 0 Å². The highest BCUT2D eigenvalue weighted by Crippen LogP contribution is 2.44. The van der Waals surface area contributed by atoms with Crippen molar-refractivity contribution in [3.05, 3.63) is 449 Å². The molecule has 6 nitrogen and oxygen atoms in total. The van der Waals surface area contributed by atoms with Crippen molar-refractivity contribution in [3.8, 4) is 168 Å². The molecule has 21 rings (SSSR count). The Hall–Kier alpha value is -15.8. The normalized spacial score (nSPS) is 11.2. The summed E-state index contributed by atoms with van der Waals surface area (Å²) in [4.78, 5) is 31.2. The lowest BCUT2D eigenvalue weighted by atomic mass is 9.91. The Morgan fingerprint density at radius 3 is 0.729 bits per heavy atom. The molecule has 0 amide bonds. The number of aromatic nitrogens is 6. The summed E-state index contributed by atoms with van der Waals surface area (Å²) in [6, 6.07) is 158. The Morgan fingerprint density at radius 1 is 0.127 bits per heavy atom. The van der Waals surface area contributed by atoms with Gasteiger partial charge < -0.3 is 0 Å². The van der Waals surface area contributed by atoms with Gasteiger partial charge in [0.05, 0.1) is 45.2 Å². The lowest BCUT2D eigenvalue weighted by Gasteiger charge is -2.15. The number of hydrogen-bond acceptors (Lipinski definition) is 6. The number of pyridine rings is 2. The van der Waals surface area contributed by atoms with Crippen LogP contribution in [0.25, 0.3) is 212 Å². The van der Waals surface area contributed by atoms with Crippen molar-refractivity contribution in [3.63, 3.8) is 0 Å². The highest BCUT2D eigenvalue weighted by Gasteiger charge is 2.21. The highest BCUT2D eigenvalue weighted by molar-refractivity contribution is 6.19. The fraction of sp³-hybridized carbons (Fsp3) is 0. The van der Waals surface area contributed by atoms with Crippen molar-refractivity contribution >= 4 is 43.4 Å². The molecule has 0 N–H and O–H groups in total. The van der Waals surface area contributed by atoms with Crippen LogP contribution in [-0.4, -0.2) is 29.9 Å². The summed E-state index contributed by atoms with van der Waals surface area (Å²) in [6.07, 6.45) is 0. The number of benzene rings is 17. The smallest absolute Gasteiger partial charge is 0.160 e. The van der Waals surface area contributed by atoms with Crippen molar-refractivity contribution in [2.24, 2.45) is 0 Å². The van der Waals surface area contributed by atoms with E-state index < -0.39 is 0 Å². The van der Waals surface area contributed by atoms with Gasteiger partial charge in [-0.25, -0.2) is 29.9 Å². The van der Waals surface area contributed by atoms with Gasteiger partial charge in [0.25, 0.3) is 0 Å². The van der Waals surface area contributed by atoms with Gasteiger partial charge in [-0.3, -0.25) is 0 Å². The second-order valence-corrected chi connectivity index (χ2v) is 29.6. The Bertz CT molecular complexity index is 7080. The minimum absolute atomic E-state index is 0.686. The molecule has 21 aromatic rings. The summed E-state index contributed by atoms with van der Waals surface area (Å²) in [6.45, 7) is 0. The Morgan fingerprint density at radius 2 is 0.364 bits per heavy atom. The highest BCUT2D eigenvalue weighted by atomic mass is 14.9. The first-order chi connectivity index (χ1) is 58.5. The molecule has 118 heavy (non-hydrogen) atoms. The molecule has 0 saturated heterocycles. The summed E-state index contributed by atoms with van der Waals surface area (Å²) >= 11 is 0. The summed E-state index contributed by atoms with van der Waals surface area (Å²) in [5, 5.41) is 6.95. The molecule has 0 bridgehead atoms. The summed E-state index contributed by atoms with van der Waals surface area (Å²) in [5.41, 5.74) is 32.0. The molecule has 17 aromatic carbocycles. The summed E-state index contributed by atoms with van der Waals surface area (Å²) in [5.74, 6) is 1.38. The van der Waals surface area contributed by atoms with Crippen molar-refractivity contribution in [1.29, 1.82) is 0 Å². The molecule has 4 aromatic heterocycles. The van der Waals surface area contributed by atoms with Gasteiger partial charge >= 0.3 is 0 Å². The Kier molecular flexibility index (Phi) is 19.3. The fourth-order valence-electron chi connectivity index (χ4n) is 16.2. The van der Waals surface area contributed by atoms with E-state index in [4.69, 9.17) is 29.9 Å². The van der Waals surface area contributed by atoms with E-state index >= 15 is 0 Å². The van der Waals surface area contributed by atoms with Crippen molar-refractivity contribution < 1.29 is 0 Å². The molecule has 0 saturated carbocycles.